The summed E-state index contributed by atoms with van der Waals surface area (Å²) < 4.78 is 0. The number of likely N-dealkylation sites (tertiary alicyclic amines) is 2. The van der Waals surface area contributed by atoms with Gasteiger partial charge in [-0.3, -0.25) is 38.4 Å². The van der Waals surface area contributed by atoms with E-state index in [1.807, 2.05) is 126 Å². The van der Waals surface area contributed by atoms with Gasteiger partial charge < -0.3 is 51.5 Å². The van der Waals surface area contributed by atoms with Gasteiger partial charge in [0, 0.05) is 76.6 Å². The molecule has 0 saturated carbocycles. The predicted octanol–water partition coefficient (Wildman–Crippen LogP) is 5.38. The van der Waals surface area contributed by atoms with Crippen molar-refractivity contribution < 1.29 is 38.4 Å². The highest BCUT2D eigenvalue weighted by Gasteiger charge is 2.43. The Morgan fingerprint density at radius 1 is 0.524 bits per heavy atom. The molecule has 0 unspecified atom stereocenters. The van der Waals surface area contributed by atoms with Crippen LogP contribution in [0.3, 0.4) is 0 Å². The van der Waals surface area contributed by atoms with Gasteiger partial charge >= 0.3 is 0 Å². The van der Waals surface area contributed by atoms with E-state index in [1.54, 1.807) is 71.8 Å². The molecule has 0 aliphatic carbocycles. The van der Waals surface area contributed by atoms with Crippen molar-refractivity contribution in [2.45, 2.75) is 130 Å². The van der Waals surface area contributed by atoms with E-state index in [0.717, 1.165) is 35.1 Å². The zero-order chi connectivity index (χ0) is 60.1. The summed E-state index contributed by atoms with van der Waals surface area (Å²) in [6, 6.07) is 29.9. The smallest absolute Gasteiger partial charge is 0.254 e. The van der Waals surface area contributed by atoms with E-state index in [1.165, 1.54) is 9.80 Å². The van der Waals surface area contributed by atoms with Crippen LogP contribution in [0.25, 0.3) is 11.1 Å². The first-order valence-corrected chi connectivity index (χ1v) is 28.8. The Labute approximate surface area is 485 Å². The Bertz CT molecular complexity index is 2640. The second kappa shape index (κ2) is 28.5. The van der Waals surface area contributed by atoms with E-state index in [2.05, 4.69) is 10.6 Å². The number of carbonyl (C=O) groups excluding carboxylic acids is 8. The molecule has 6 rings (SSSR count). The van der Waals surface area contributed by atoms with E-state index in [9.17, 15) is 38.4 Å². The number of nitrogens with one attached hydrogen (secondary N) is 2. The number of carbonyl (C=O) groups is 8. The summed E-state index contributed by atoms with van der Waals surface area (Å²) >= 11 is 0. The Hall–Kier alpha value is -7.44. The number of amides is 8. The van der Waals surface area contributed by atoms with Crippen LogP contribution in [0.5, 0.6) is 0 Å². The van der Waals surface area contributed by atoms with Crippen LogP contribution >= 0.6 is 0 Å². The molecular weight excluding hydrogens is 1040 g/mol. The summed E-state index contributed by atoms with van der Waals surface area (Å²) in [4.78, 5) is 120. The molecule has 82 heavy (non-hydrogen) atoms. The SMILES string of the molecule is C[C@H](N)C(=O)N[C@H](C(=O)N1CCC[C@H]1CN(CCc1ccccc1)C(=O)CN(C)C(=O)c1ccc(-c2ccc(C(=O)N(C)CC(=O)N(CCc3ccccc3)C[C@@H]3CCCN3C(=O)[C@@H](NC(=O)[C@H](C)N)C(C)(C)C)cc2)cc1)C(C)(C)C. The lowest BCUT2D eigenvalue weighted by atomic mass is 9.85. The van der Waals surface area contributed by atoms with Crippen LogP contribution in [0.4, 0.5) is 0 Å². The molecule has 18 nitrogen and oxygen atoms in total. The van der Waals surface area contributed by atoms with Crippen molar-refractivity contribution in [2.75, 3.05) is 66.5 Å². The third kappa shape index (κ3) is 17.3. The highest BCUT2D eigenvalue weighted by atomic mass is 16.2. The zero-order valence-electron chi connectivity index (χ0n) is 49.9. The van der Waals surface area contributed by atoms with E-state index < -0.39 is 46.8 Å². The maximum atomic E-state index is 14.3. The van der Waals surface area contributed by atoms with Crippen molar-refractivity contribution in [3.63, 3.8) is 0 Å². The molecule has 4 aromatic rings. The van der Waals surface area contributed by atoms with Crippen LogP contribution in [-0.4, -0.2) is 179 Å². The van der Waals surface area contributed by atoms with E-state index in [0.29, 0.717) is 63.0 Å². The molecule has 4 aromatic carbocycles. The first-order chi connectivity index (χ1) is 38.7. The molecular formula is C64H88N10O8. The van der Waals surface area contributed by atoms with Crippen molar-refractivity contribution in [1.29, 1.82) is 0 Å². The fourth-order valence-corrected chi connectivity index (χ4v) is 10.6. The molecule has 0 spiro atoms. The van der Waals surface area contributed by atoms with Crippen molar-refractivity contribution >= 4 is 47.3 Å². The molecule has 18 heteroatoms. The van der Waals surface area contributed by atoms with Crippen LogP contribution in [-0.2, 0) is 41.6 Å². The summed E-state index contributed by atoms with van der Waals surface area (Å²) in [6.07, 6.45) is 4.00. The van der Waals surface area contributed by atoms with Gasteiger partial charge in [-0.25, -0.2) is 0 Å². The average molecular weight is 1130 g/mol. The largest absolute Gasteiger partial charge is 0.342 e. The molecule has 2 heterocycles. The molecule has 0 bridgehead atoms. The fourth-order valence-electron chi connectivity index (χ4n) is 10.6. The Balaban J connectivity index is 1.09. The normalized spacial score (nSPS) is 16.8. The van der Waals surface area contributed by atoms with Gasteiger partial charge in [-0.05, 0) is 110 Å². The topological polar surface area (TPSA) is 232 Å². The second-order valence-electron chi connectivity index (χ2n) is 24.5. The third-order valence-corrected chi connectivity index (χ3v) is 15.6. The summed E-state index contributed by atoms with van der Waals surface area (Å²) in [6.45, 7) is 16.4. The highest BCUT2D eigenvalue weighted by Crippen LogP contribution is 2.29. The summed E-state index contributed by atoms with van der Waals surface area (Å²) in [5.41, 5.74) is 15.0. The number of hydrogen-bond acceptors (Lipinski definition) is 10. The van der Waals surface area contributed by atoms with Crippen LogP contribution < -0.4 is 22.1 Å². The first kappa shape index (κ1) is 63.7. The molecule has 2 fully saturated rings. The van der Waals surface area contributed by atoms with Gasteiger partial charge in [-0.1, -0.05) is 126 Å². The molecule has 2 aliphatic heterocycles. The number of rotatable bonds is 23. The maximum absolute atomic E-state index is 14.3. The predicted molar refractivity (Wildman–Crippen MR) is 319 cm³/mol. The molecule has 2 saturated heterocycles. The molecule has 2 aliphatic rings. The third-order valence-electron chi connectivity index (χ3n) is 15.6. The van der Waals surface area contributed by atoms with Crippen molar-refractivity contribution in [3.05, 3.63) is 131 Å². The van der Waals surface area contributed by atoms with Gasteiger partial charge in [0.2, 0.25) is 35.4 Å². The van der Waals surface area contributed by atoms with Crippen molar-refractivity contribution in [2.24, 2.45) is 22.3 Å². The van der Waals surface area contributed by atoms with Gasteiger partial charge in [-0.15, -0.1) is 0 Å². The monoisotopic (exact) mass is 1120 g/mol. The molecule has 6 atom stereocenters. The number of likely N-dealkylation sites (N-methyl/N-ethyl adjacent to an activating group) is 2. The average Bonchev–Trinajstić information content (AvgIpc) is 4.33. The fraction of sp³-hybridized carbons (Fsp3) is 0.500. The molecule has 0 radical (unpaired) electrons. The van der Waals surface area contributed by atoms with Gasteiger partial charge in [0.25, 0.3) is 11.8 Å². The molecule has 8 amide bonds. The molecule has 442 valence electrons. The minimum atomic E-state index is -0.816. The highest BCUT2D eigenvalue weighted by molar-refractivity contribution is 5.98. The quantitative estimate of drug-likeness (QED) is 0.0741. The van der Waals surface area contributed by atoms with Crippen LogP contribution in [0.15, 0.2) is 109 Å². The number of hydrogen-bond donors (Lipinski definition) is 4. The first-order valence-electron chi connectivity index (χ1n) is 28.8. The number of nitrogens with zero attached hydrogens (tertiary/aromatic N) is 6. The zero-order valence-corrected chi connectivity index (χ0v) is 49.9. The lowest BCUT2D eigenvalue weighted by molar-refractivity contribution is -0.142. The maximum Gasteiger partial charge on any atom is 0.254 e. The van der Waals surface area contributed by atoms with Crippen molar-refractivity contribution in [3.8, 4) is 11.1 Å². The lowest BCUT2D eigenvalue weighted by Crippen LogP contribution is -2.59. The number of nitrogens with two attached hydrogens (primary N) is 2. The standard InChI is InChI=1S/C64H88N10O8/c1-43(65)57(77)67-55(63(3,4)5)61(81)73-35-17-23-51(73)39-71(37-33-45-19-13-11-14-20-45)53(75)41-69(9)59(79)49-29-25-47(26-30-49)48-27-31-50(32-28-48)60(80)70(10)42-54(76)72(38-34-46-21-15-12-16-22-46)40-52-24-18-36-74(52)62(82)56(64(6,7)8)68-58(78)44(2)66/h11-16,19-22,25-32,43-44,51-52,55-56H,17-18,23-24,33-42,65-66H2,1-10H3,(H,67,77)(H,68,78)/t43-,44-,51-,52-,55+,56+/m0/s1. The van der Waals surface area contributed by atoms with Gasteiger partial charge in [0.05, 0.1) is 25.2 Å². The summed E-state index contributed by atoms with van der Waals surface area (Å²) in [5, 5.41) is 5.73. The van der Waals surface area contributed by atoms with Gasteiger partial charge in [-0.2, -0.15) is 0 Å². The Morgan fingerprint density at radius 3 is 1.16 bits per heavy atom. The lowest BCUT2D eigenvalue weighted by Gasteiger charge is -2.37. The minimum Gasteiger partial charge on any atom is -0.342 e. The van der Waals surface area contributed by atoms with Gasteiger partial charge in [0.1, 0.15) is 12.1 Å². The van der Waals surface area contributed by atoms with E-state index >= 15 is 0 Å². The summed E-state index contributed by atoms with van der Waals surface area (Å²) in [5.74, 6) is -2.46. The molecule has 0 aromatic heterocycles. The van der Waals surface area contributed by atoms with Crippen molar-refractivity contribution in [1.82, 2.24) is 40.0 Å². The van der Waals surface area contributed by atoms with Gasteiger partial charge in [0.15, 0.2) is 0 Å². The number of benzene rings is 4. The Morgan fingerprint density at radius 2 is 0.854 bits per heavy atom. The van der Waals surface area contributed by atoms with Crippen LogP contribution in [0, 0.1) is 10.8 Å². The minimum absolute atomic E-state index is 0.193. The van der Waals surface area contributed by atoms with Crippen LogP contribution in [0.1, 0.15) is 113 Å². The van der Waals surface area contributed by atoms with E-state index in [4.69, 9.17) is 11.5 Å². The molecule has 6 N–H and O–H groups in total. The Kier molecular flexibility index (Phi) is 22.2. The van der Waals surface area contributed by atoms with E-state index in [-0.39, 0.29) is 73.7 Å². The second-order valence-corrected chi connectivity index (χ2v) is 24.5. The van der Waals surface area contributed by atoms with Crippen LogP contribution in [0.2, 0.25) is 0 Å². The summed E-state index contributed by atoms with van der Waals surface area (Å²) in [7, 11) is 3.19.